The van der Waals surface area contributed by atoms with Crippen molar-refractivity contribution in [3.8, 4) is 5.69 Å². The molecule has 0 spiro atoms. The standard InChI is InChI=1S/C24H27N3O3/c1-17-22(18(2)27(25-17)21-13-9-6-10-14-21)15-23(28)30-19(3)24(29)26(4)16-20-11-7-5-8-12-20/h5-14,19H,15-16H2,1-4H3/t19-/m1/s1. The van der Waals surface area contributed by atoms with E-state index in [1.807, 2.05) is 79.2 Å². The summed E-state index contributed by atoms with van der Waals surface area (Å²) in [6, 6.07) is 19.5. The number of rotatable bonds is 7. The molecule has 3 rings (SSSR count). The number of aryl methyl sites for hydroxylation is 1. The van der Waals surface area contributed by atoms with Crippen LogP contribution in [0.3, 0.4) is 0 Å². The van der Waals surface area contributed by atoms with Gasteiger partial charge in [0.1, 0.15) is 0 Å². The van der Waals surface area contributed by atoms with Gasteiger partial charge in [-0.2, -0.15) is 5.10 Å². The number of nitrogens with zero attached hydrogens (tertiary/aromatic N) is 3. The lowest BCUT2D eigenvalue weighted by atomic mass is 10.1. The summed E-state index contributed by atoms with van der Waals surface area (Å²) in [6.07, 6.45) is -0.777. The number of carbonyl (C=O) groups excluding carboxylic acids is 2. The number of benzene rings is 2. The van der Waals surface area contributed by atoms with Gasteiger partial charge in [-0.05, 0) is 38.5 Å². The fraction of sp³-hybridized carbons (Fsp3) is 0.292. The van der Waals surface area contributed by atoms with E-state index >= 15 is 0 Å². The van der Waals surface area contributed by atoms with Crippen LogP contribution in [0.2, 0.25) is 0 Å². The molecule has 1 heterocycles. The van der Waals surface area contributed by atoms with Crippen molar-refractivity contribution in [1.29, 1.82) is 0 Å². The van der Waals surface area contributed by atoms with Crippen LogP contribution in [0, 0.1) is 13.8 Å². The van der Waals surface area contributed by atoms with Gasteiger partial charge in [0.2, 0.25) is 0 Å². The molecule has 0 fully saturated rings. The van der Waals surface area contributed by atoms with Crippen molar-refractivity contribution in [2.45, 2.75) is 39.8 Å². The van der Waals surface area contributed by atoms with Gasteiger partial charge in [-0.25, -0.2) is 4.68 Å². The average molecular weight is 405 g/mol. The predicted octanol–water partition coefficient (Wildman–Crippen LogP) is 3.62. The molecule has 6 heteroatoms. The van der Waals surface area contributed by atoms with Crippen molar-refractivity contribution >= 4 is 11.9 Å². The zero-order valence-electron chi connectivity index (χ0n) is 17.8. The number of carbonyl (C=O) groups is 2. The summed E-state index contributed by atoms with van der Waals surface area (Å²) in [4.78, 5) is 26.7. The van der Waals surface area contributed by atoms with E-state index in [2.05, 4.69) is 5.10 Å². The molecule has 0 aliphatic carbocycles. The van der Waals surface area contributed by atoms with Crippen LogP contribution in [0.25, 0.3) is 5.69 Å². The van der Waals surface area contributed by atoms with Gasteiger partial charge in [0.15, 0.2) is 6.10 Å². The Morgan fingerprint density at radius 3 is 2.27 bits per heavy atom. The van der Waals surface area contributed by atoms with Crippen molar-refractivity contribution in [3.63, 3.8) is 0 Å². The van der Waals surface area contributed by atoms with Gasteiger partial charge in [0.05, 0.1) is 17.8 Å². The third-order valence-corrected chi connectivity index (χ3v) is 5.06. The maximum Gasteiger partial charge on any atom is 0.311 e. The molecule has 0 bridgehead atoms. The Balaban J connectivity index is 1.62. The van der Waals surface area contributed by atoms with Gasteiger partial charge in [-0.1, -0.05) is 48.5 Å². The first-order valence-electron chi connectivity index (χ1n) is 9.95. The van der Waals surface area contributed by atoms with E-state index in [1.54, 1.807) is 18.9 Å². The van der Waals surface area contributed by atoms with Crippen LogP contribution in [-0.2, 0) is 27.3 Å². The fourth-order valence-electron chi connectivity index (χ4n) is 3.43. The van der Waals surface area contributed by atoms with Crippen LogP contribution in [0.5, 0.6) is 0 Å². The molecule has 0 saturated heterocycles. The fourth-order valence-corrected chi connectivity index (χ4v) is 3.43. The summed E-state index contributed by atoms with van der Waals surface area (Å²) in [7, 11) is 1.71. The normalized spacial score (nSPS) is 11.7. The van der Waals surface area contributed by atoms with Crippen molar-refractivity contribution in [2.75, 3.05) is 7.05 Å². The van der Waals surface area contributed by atoms with Gasteiger partial charge in [0.25, 0.3) is 5.91 Å². The molecule has 0 aliphatic heterocycles. The summed E-state index contributed by atoms with van der Waals surface area (Å²) in [5.41, 5.74) is 4.43. The second kappa shape index (κ2) is 9.39. The van der Waals surface area contributed by atoms with Crippen LogP contribution >= 0.6 is 0 Å². The molecule has 0 N–H and O–H groups in total. The lowest BCUT2D eigenvalue weighted by Crippen LogP contribution is -2.37. The highest BCUT2D eigenvalue weighted by molar-refractivity contribution is 5.84. The Kier molecular flexibility index (Phi) is 6.67. The van der Waals surface area contributed by atoms with Crippen LogP contribution in [0.4, 0.5) is 0 Å². The van der Waals surface area contributed by atoms with E-state index in [0.717, 1.165) is 28.2 Å². The van der Waals surface area contributed by atoms with E-state index in [9.17, 15) is 9.59 Å². The van der Waals surface area contributed by atoms with Crippen molar-refractivity contribution in [1.82, 2.24) is 14.7 Å². The zero-order chi connectivity index (χ0) is 21.7. The van der Waals surface area contributed by atoms with E-state index in [1.165, 1.54) is 0 Å². The smallest absolute Gasteiger partial charge is 0.311 e. The second-order valence-corrected chi connectivity index (χ2v) is 7.39. The Morgan fingerprint density at radius 2 is 1.63 bits per heavy atom. The minimum atomic E-state index is -0.851. The maximum absolute atomic E-state index is 12.6. The van der Waals surface area contributed by atoms with Crippen molar-refractivity contribution < 1.29 is 14.3 Å². The molecule has 156 valence electrons. The molecule has 1 atom stereocenters. The minimum Gasteiger partial charge on any atom is -0.452 e. The second-order valence-electron chi connectivity index (χ2n) is 7.39. The number of para-hydroxylation sites is 1. The highest BCUT2D eigenvalue weighted by atomic mass is 16.5. The van der Waals surface area contributed by atoms with E-state index in [4.69, 9.17) is 4.74 Å². The Hall–Kier alpha value is -3.41. The summed E-state index contributed by atoms with van der Waals surface area (Å²) in [5, 5.41) is 4.56. The predicted molar refractivity (Wildman–Crippen MR) is 115 cm³/mol. The third kappa shape index (κ3) is 4.95. The van der Waals surface area contributed by atoms with E-state index in [-0.39, 0.29) is 12.3 Å². The number of hydrogen-bond acceptors (Lipinski definition) is 4. The molecule has 0 unspecified atom stereocenters. The van der Waals surface area contributed by atoms with Gasteiger partial charge in [-0.15, -0.1) is 0 Å². The average Bonchev–Trinajstić information content (AvgIpc) is 3.02. The topological polar surface area (TPSA) is 64.4 Å². The highest BCUT2D eigenvalue weighted by Gasteiger charge is 2.23. The van der Waals surface area contributed by atoms with Gasteiger partial charge >= 0.3 is 5.97 Å². The SMILES string of the molecule is Cc1nn(-c2ccccc2)c(C)c1CC(=O)O[C@H](C)C(=O)N(C)Cc1ccccc1. The molecule has 1 amide bonds. The molecule has 0 saturated carbocycles. The molecule has 3 aromatic rings. The first-order valence-corrected chi connectivity index (χ1v) is 9.95. The number of likely N-dealkylation sites (N-methyl/N-ethyl adjacent to an activating group) is 1. The van der Waals surface area contributed by atoms with Gasteiger partial charge in [-0.3, -0.25) is 9.59 Å². The summed E-state index contributed by atoms with van der Waals surface area (Å²) in [5.74, 6) is -0.677. The van der Waals surface area contributed by atoms with E-state index in [0.29, 0.717) is 6.54 Å². The zero-order valence-corrected chi connectivity index (χ0v) is 17.8. The molecular formula is C24H27N3O3. The largest absolute Gasteiger partial charge is 0.452 e. The lowest BCUT2D eigenvalue weighted by molar-refractivity contribution is -0.158. The molecule has 1 aromatic heterocycles. The monoisotopic (exact) mass is 405 g/mol. The number of ether oxygens (including phenoxy) is 1. The van der Waals surface area contributed by atoms with Crippen LogP contribution in [0.1, 0.15) is 29.4 Å². The summed E-state index contributed by atoms with van der Waals surface area (Å²) < 4.78 is 7.25. The molecule has 0 radical (unpaired) electrons. The maximum atomic E-state index is 12.6. The first kappa shape index (κ1) is 21.3. The summed E-state index contributed by atoms with van der Waals surface area (Å²) in [6.45, 7) is 5.87. The highest BCUT2D eigenvalue weighted by Crippen LogP contribution is 2.19. The third-order valence-electron chi connectivity index (χ3n) is 5.06. The van der Waals surface area contributed by atoms with Crippen molar-refractivity contribution in [2.24, 2.45) is 0 Å². The Morgan fingerprint density at radius 1 is 1.03 bits per heavy atom. The quantitative estimate of drug-likeness (QED) is 0.563. The van der Waals surface area contributed by atoms with Crippen LogP contribution in [-0.4, -0.2) is 39.7 Å². The van der Waals surface area contributed by atoms with Gasteiger partial charge < -0.3 is 9.64 Å². The molecule has 0 aliphatic rings. The number of amides is 1. The van der Waals surface area contributed by atoms with Crippen LogP contribution < -0.4 is 0 Å². The van der Waals surface area contributed by atoms with Gasteiger partial charge in [0, 0.05) is 24.8 Å². The Labute approximate surface area is 177 Å². The number of esters is 1. The molecule has 2 aromatic carbocycles. The minimum absolute atomic E-state index is 0.0739. The van der Waals surface area contributed by atoms with E-state index < -0.39 is 12.1 Å². The van der Waals surface area contributed by atoms with Crippen molar-refractivity contribution in [3.05, 3.63) is 83.2 Å². The number of hydrogen-bond donors (Lipinski definition) is 0. The lowest BCUT2D eigenvalue weighted by Gasteiger charge is -2.21. The first-order chi connectivity index (χ1) is 14.4. The number of aromatic nitrogens is 2. The molecule has 30 heavy (non-hydrogen) atoms. The van der Waals surface area contributed by atoms with Crippen LogP contribution in [0.15, 0.2) is 60.7 Å². The molecule has 6 nitrogen and oxygen atoms in total. The Bertz CT molecular complexity index is 1010. The summed E-state index contributed by atoms with van der Waals surface area (Å²) >= 11 is 0. The molecular weight excluding hydrogens is 378 g/mol.